The number of aromatic nitrogens is 4. The molecule has 0 radical (unpaired) electrons. The number of alkyl halides is 3. The van der Waals surface area contributed by atoms with Crippen molar-refractivity contribution in [2.75, 3.05) is 19.7 Å². The summed E-state index contributed by atoms with van der Waals surface area (Å²) >= 11 is 0. The smallest absolute Gasteiger partial charge is 0.416 e. The van der Waals surface area contributed by atoms with E-state index in [0.29, 0.717) is 25.2 Å². The predicted octanol–water partition coefficient (Wildman–Crippen LogP) is 3.40. The third-order valence-electron chi connectivity index (χ3n) is 5.08. The second-order valence-electron chi connectivity index (χ2n) is 7.15. The van der Waals surface area contributed by atoms with E-state index in [-0.39, 0.29) is 24.2 Å². The van der Waals surface area contributed by atoms with Crippen molar-refractivity contribution in [1.29, 1.82) is 0 Å². The molecule has 1 atom stereocenters. The van der Waals surface area contributed by atoms with Crippen LogP contribution in [0.1, 0.15) is 39.8 Å². The summed E-state index contributed by atoms with van der Waals surface area (Å²) < 4.78 is 43.8. The molecular formula is C20H20F3N5O2. The molecule has 0 saturated carbocycles. The van der Waals surface area contributed by atoms with Gasteiger partial charge in [-0.2, -0.15) is 23.4 Å². The first-order valence-corrected chi connectivity index (χ1v) is 9.53. The summed E-state index contributed by atoms with van der Waals surface area (Å²) in [5.74, 6) is 0.222. The van der Waals surface area contributed by atoms with Gasteiger partial charge >= 0.3 is 6.18 Å². The van der Waals surface area contributed by atoms with E-state index in [2.05, 4.69) is 20.4 Å². The summed E-state index contributed by atoms with van der Waals surface area (Å²) in [6.45, 7) is 1.43. The third kappa shape index (κ3) is 4.47. The molecule has 2 N–H and O–H groups in total. The van der Waals surface area contributed by atoms with Gasteiger partial charge in [-0.3, -0.25) is 15.0 Å². The lowest BCUT2D eigenvalue weighted by molar-refractivity contribution is -0.137. The van der Waals surface area contributed by atoms with Gasteiger partial charge in [-0.05, 0) is 36.8 Å². The largest absolute Gasteiger partial charge is 0.493 e. The van der Waals surface area contributed by atoms with E-state index in [1.54, 1.807) is 17.2 Å². The molecular weight excluding hydrogens is 399 g/mol. The van der Waals surface area contributed by atoms with Crippen molar-refractivity contribution in [3.05, 3.63) is 65.2 Å². The third-order valence-corrected chi connectivity index (χ3v) is 5.08. The van der Waals surface area contributed by atoms with Gasteiger partial charge in [-0.15, -0.1) is 0 Å². The van der Waals surface area contributed by atoms with Gasteiger partial charge in [0.2, 0.25) is 0 Å². The van der Waals surface area contributed by atoms with Crippen LogP contribution in [-0.2, 0) is 12.6 Å². The fourth-order valence-electron chi connectivity index (χ4n) is 3.49. The molecule has 1 aliphatic heterocycles. The molecule has 2 aromatic heterocycles. The summed E-state index contributed by atoms with van der Waals surface area (Å²) in [5, 5.41) is 13.8. The summed E-state index contributed by atoms with van der Waals surface area (Å²) in [6, 6.07) is 8.38. The number of ether oxygens (including phenoxy) is 1. The molecule has 1 amide bonds. The summed E-state index contributed by atoms with van der Waals surface area (Å²) in [6.07, 6.45) is -1.56. The molecule has 3 heterocycles. The minimum atomic E-state index is -4.40. The van der Waals surface area contributed by atoms with Gasteiger partial charge in [0.1, 0.15) is 11.4 Å². The highest BCUT2D eigenvalue weighted by molar-refractivity contribution is 5.92. The predicted molar refractivity (Wildman–Crippen MR) is 101 cm³/mol. The Morgan fingerprint density at radius 1 is 1.23 bits per heavy atom. The van der Waals surface area contributed by atoms with E-state index in [0.717, 1.165) is 29.9 Å². The first kappa shape index (κ1) is 20.0. The minimum Gasteiger partial charge on any atom is -0.493 e. The number of hydrogen-bond donors (Lipinski definition) is 2. The summed E-state index contributed by atoms with van der Waals surface area (Å²) in [7, 11) is 0. The molecule has 0 bridgehead atoms. The highest BCUT2D eigenvalue weighted by atomic mass is 19.4. The number of rotatable bonds is 6. The second kappa shape index (κ2) is 8.21. The first-order valence-electron chi connectivity index (χ1n) is 9.53. The fraction of sp³-hybridized carbons (Fsp3) is 0.350. The number of likely N-dealkylation sites (tertiary alicyclic amines) is 1. The lowest BCUT2D eigenvalue weighted by atomic mass is 10.0. The number of H-pyrrole nitrogens is 2. The lowest BCUT2D eigenvalue weighted by Crippen LogP contribution is -2.28. The molecule has 10 heteroatoms. The summed E-state index contributed by atoms with van der Waals surface area (Å²) in [4.78, 5) is 14.2. The van der Waals surface area contributed by atoms with E-state index < -0.39 is 11.7 Å². The van der Waals surface area contributed by atoms with Gasteiger partial charge in [0.25, 0.3) is 5.91 Å². The minimum absolute atomic E-state index is 0.0831. The Kier molecular flexibility index (Phi) is 5.47. The van der Waals surface area contributed by atoms with Crippen LogP contribution in [0.2, 0.25) is 0 Å². The van der Waals surface area contributed by atoms with Crippen LogP contribution < -0.4 is 4.74 Å². The van der Waals surface area contributed by atoms with Gasteiger partial charge in [0.15, 0.2) is 0 Å². The molecule has 158 valence electrons. The van der Waals surface area contributed by atoms with Gasteiger partial charge in [0, 0.05) is 37.3 Å². The van der Waals surface area contributed by atoms with Crippen LogP contribution in [0.5, 0.6) is 5.75 Å². The molecule has 1 saturated heterocycles. The van der Waals surface area contributed by atoms with Crippen LogP contribution in [0.3, 0.4) is 0 Å². The SMILES string of the molecule is O=C(c1ccn[nH]1)N1CCC(c2cc(CCOc3cccc(C(F)(F)F)c3)[nH]n2)C1. The molecule has 7 nitrogen and oxygen atoms in total. The second-order valence-corrected chi connectivity index (χ2v) is 7.15. The van der Waals surface area contributed by atoms with Crippen LogP contribution in [0.15, 0.2) is 42.6 Å². The number of carbonyl (C=O) groups is 1. The number of hydrogen-bond acceptors (Lipinski definition) is 4. The van der Waals surface area contributed by atoms with E-state index in [1.807, 2.05) is 6.07 Å². The molecule has 3 aromatic rings. The molecule has 4 rings (SSSR count). The Morgan fingerprint density at radius 3 is 2.87 bits per heavy atom. The average Bonchev–Trinajstić information content (AvgIpc) is 3.47. The van der Waals surface area contributed by atoms with Crippen molar-refractivity contribution >= 4 is 5.91 Å². The topological polar surface area (TPSA) is 86.9 Å². The Balaban J connectivity index is 1.29. The van der Waals surface area contributed by atoms with Crippen molar-refractivity contribution in [2.24, 2.45) is 0 Å². The molecule has 1 aliphatic rings. The van der Waals surface area contributed by atoms with Crippen LogP contribution in [0.25, 0.3) is 0 Å². The summed E-state index contributed by atoms with van der Waals surface area (Å²) in [5.41, 5.74) is 1.42. The maximum Gasteiger partial charge on any atom is 0.416 e. The van der Waals surface area contributed by atoms with Gasteiger partial charge < -0.3 is 9.64 Å². The highest BCUT2D eigenvalue weighted by Crippen LogP contribution is 2.31. The van der Waals surface area contributed by atoms with Gasteiger partial charge in [0.05, 0.1) is 17.9 Å². The number of carbonyl (C=O) groups excluding carboxylic acids is 1. The van der Waals surface area contributed by atoms with Crippen LogP contribution in [0, 0.1) is 0 Å². The Bertz CT molecular complexity index is 1000. The number of benzene rings is 1. The van der Waals surface area contributed by atoms with E-state index in [1.165, 1.54) is 12.1 Å². The van der Waals surface area contributed by atoms with Crippen molar-refractivity contribution in [3.8, 4) is 5.75 Å². The molecule has 0 aliphatic carbocycles. The first-order chi connectivity index (χ1) is 14.4. The van der Waals surface area contributed by atoms with E-state index in [4.69, 9.17) is 4.74 Å². The van der Waals surface area contributed by atoms with Crippen molar-refractivity contribution in [2.45, 2.75) is 24.9 Å². The van der Waals surface area contributed by atoms with Crippen LogP contribution in [-0.4, -0.2) is 50.9 Å². The zero-order valence-electron chi connectivity index (χ0n) is 15.9. The molecule has 1 unspecified atom stereocenters. The van der Waals surface area contributed by atoms with E-state index in [9.17, 15) is 18.0 Å². The number of amides is 1. The van der Waals surface area contributed by atoms with Gasteiger partial charge in [-0.1, -0.05) is 6.07 Å². The Hall–Kier alpha value is -3.30. The quantitative estimate of drug-likeness (QED) is 0.641. The number of nitrogens with one attached hydrogen (secondary N) is 2. The van der Waals surface area contributed by atoms with Gasteiger partial charge in [-0.25, -0.2) is 0 Å². The van der Waals surface area contributed by atoms with Crippen LogP contribution >= 0.6 is 0 Å². The Labute approximate surface area is 170 Å². The lowest BCUT2D eigenvalue weighted by Gasteiger charge is -2.14. The van der Waals surface area contributed by atoms with Crippen LogP contribution in [0.4, 0.5) is 13.2 Å². The van der Waals surface area contributed by atoms with Crippen molar-refractivity contribution < 1.29 is 22.7 Å². The monoisotopic (exact) mass is 419 g/mol. The average molecular weight is 419 g/mol. The molecule has 30 heavy (non-hydrogen) atoms. The molecule has 0 spiro atoms. The van der Waals surface area contributed by atoms with Crippen molar-refractivity contribution in [1.82, 2.24) is 25.3 Å². The molecule has 1 fully saturated rings. The van der Waals surface area contributed by atoms with E-state index >= 15 is 0 Å². The number of aromatic amines is 2. The number of nitrogens with zero attached hydrogens (tertiary/aromatic N) is 3. The normalized spacial score (nSPS) is 16.8. The standard InChI is InChI=1S/C20H20F3N5O2/c21-20(22,23)14-2-1-3-16(10-14)30-9-6-15-11-18(27-25-15)13-5-8-28(12-13)19(29)17-4-7-24-26-17/h1-4,7,10-11,13H,5-6,8-9,12H2,(H,24,26)(H,25,27). The maximum atomic E-state index is 12.8. The highest BCUT2D eigenvalue weighted by Gasteiger charge is 2.31. The Morgan fingerprint density at radius 2 is 2.10 bits per heavy atom. The van der Waals surface area contributed by atoms with Crippen molar-refractivity contribution in [3.63, 3.8) is 0 Å². The fourth-order valence-corrected chi connectivity index (χ4v) is 3.49. The zero-order valence-corrected chi connectivity index (χ0v) is 15.9. The number of halogens is 3. The zero-order chi connectivity index (χ0) is 21.1. The molecule has 1 aromatic carbocycles. The maximum absolute atomic E-state index is 12.8.